The molecule has 0 saturated carbocycles. The average Bonchev–Trinajstić information content (AvgIpc) is 2.81. The fourth-order valence-corrected chi connectivity index (χ4v) is 2.55. The molecule has 1 aromatic rings. The summed E-state index contributed by atoms with van der Waals surface area (Å²) in [5, 5.41) is 9.28. The Balaban J connectivity index is 2.31. The van der Waals surface area contributed by atoms with Crippen molar-refractivity contribution in [2.45, 2.75) is 32.7 Å². The predicted octanol–water partition coefficient (Wildman–Crippen LogP) is 1.48. The molecule has 3 N–H and O–H groups in total. The van der Waals surface area contributed by atoms with Crippen LogP contribution in [0.3, 0.4) is 0 Å². The van der Waals surface area contributed by atoms with Gasteiger partial charge in [-0.25, -0.2) is 0 Å². The zero-order valence-electron chi connectivity index (χ0n) is 10.9. The molecule has 0 spiro atoms. The van der Waals surface area contributed by atoms with Crippen LogP contribution in [-0.2, 0) is 0 Å². The summed E-state index contributed by atoms with van der Waals surface area (Å²) in [7, 11) is 0. The molecule has 0 aliphatic carbocycles. The van der Waals surface area contributed by atoms with E-state index in [9.17, 15) is 9.90 Å². The molecule has 18 heavy (non-hydrogen) atoms. The number of anilines is 1. The molecule has 0 bridgehead atoms. The first-order chi connectivity index (χ1) is 8.54. The second-order valence-corrected chi connectivity index (χ2v) is 5.00. The summed E-state index contributed by atoms with van der Waals surface area (Å²) in [6.45, 7) is 4.61. The second-order valence-electron chi connectivity index (χ2n) is 5.00. The van der Waals surface area contributed by atoms with Gasteiger partial charge in [-0.15, -0.1) is 0 Å². The van der Waals surface area contributed by atoms with Crippen molar-refractivity contribution in [3.05, 3.63) is 28.8 Å². The van der Waals surface area contributed by atoms with Crippen LogP contribution < -0.4 is 5.73 Å². The van der Waals surface area contributed by atoms with E-state index in [2.05, 4.69) is 0 Å². The van der Waals surface area contributed by atoms with E-state index in [0.717, 1.165) is 30.5 Å². The van der Waals surface area contributed by atoms with Gasteiger partial charge in [0, 0.05) is 17.8 Å². The Hall–Kier alpha value is -1.55. The van der Waals surface area contributed by atoms with Crippen molar-refractivity contribution in [2.24, 2.45) is 0 Å². The zero-order chi connectivity index (χ0) is 13.3. The Bertz CT molecular complexity index is 471. The van der Waals surface area contributed by atoms with E-state index in [4.69, 9.17) is 5.73 Å². The molecule has 98 valence electrons. The minimum Gasteiger partial charge on any atom is -0.398 e. The maximum Gasteiger partial charge on any atom is 0.254 e. The maximum atomic E-state index is 12.5. The fourth-order valence-electron chi connectivity index (χ4n) is 2.55. The van der Waals surface area contributed by atoms with Crippen molar-refractivity contribution in [1.29, 1.82) is 0 Å². The molecule has 0 aromatic heterocycles. The van der Waals surface area contributed by atoms with Crippen LogP contribution in [0.15, 0.2) is 12.1 Å². The van der Waals surface area contributed by atoms with Gasteiger partial charge in [-0.05, 0) is 43.9 Å². The van der Waals surface area contributed by atoms with Crippen LogP contribution in [0.1, 0.15) is 34.3 Å². The molecule has 2 rings (SSSR count). The molecule has 1 heterocycles. The van der Waals surface area contributed by atoms with Crippen molar-refractivity contribution in [3.63, 3.8) is 0 Å². The van der Waals surface area contributed by atoms with Crippen LogP contribution >= 0.6 is 0 Å². The monoisotopic (exact) mass is 248 g/mol. The molecule has 1 amide bonds. The van der Waals surface area contributed by atoms with Gasteiger partial charge in [-0.1, -0.05) is 6.07 Å². The topological polar surface area (TPSA) is 66.6 Å². The van der Waals surface area contributed by atoms with Crippen molar-refractivity contribution in [1.82, 2.24) is 4.90 Å². The number of aryl methyl sites for hydroxylation is 2. The van der Waals surface area contributed by atoms with E-state index in [-0.39, 0.29) is 18.6 Å². The maximum absolute atomic E-state index is 12.5. The highest BCUT2D eigenvalue weighted by molar-refractivity contribution is 5.97. The summed E-state index contributed by atoms with van der Waals surface area (Å²) in [4.78, 5) is 14.2. The van der Waals surface area contributed by atoms with Gasteiger partial charge in [0.05, 0.1) is 12.6 Å². The molecule has 0 unspecified atom stereocenters. The molecule has 4 nitrogen and oxygen atoms in total. The van der Waals surface area contributed by atoms with E-state index in [1.807, 2.05) is 19.9 Å². The third-order valence-corrected chi connectivity index (χ3v) is 3.69. The third-order valence-electron chi connectivity index (χ3n) is 3.69. The van der Waals surface area contributed by atoms with Gasteiger partial charge >= 0.3 is 0 Å². The van der Waals surface area contributed by atoms with Crippen molar-refractivity contribution in [3.8, 4) is 0 Å². The first kappa shape index (κ1) is 12.9. The zero-order valence-corrected chi connectivity index (χ0v) is 10.9. The highest BCUT2D eigenvalue weighted by atomic mass is 16.3. The molecule has 4 heteroatoms. The van der Waals surface area contributed by atoms with E-state index < -0.39 is 0 Å². The number of carbonyl (C=O) groups excluding carboxylic acids is 1. The highest BCUT2D eigenvalue weighted by Gasteiger charge is 2.29. The number of amides is 1. The summed E-state index contributed by atoms with van der Waals surface area (Å²) in [6, 6.07) is 3.64. The Morgan fingerprint density at radius 1 is 1.44 bits per heavy atom. The molecule has 0 radical (unpaired) electrons. The number of benzene rings is 1. The van der Waals surface area contributed by atoms with Crippen molar-refractivity contribution >= 4 is 11.6 Å². The number of nitrogens with two attached hydrogens (primary N) is 1. The van der Waals surface area contributed by atoms with Gasteiger partial charge in [0.2, 0.25) is 0 Å². The van der Waals surface area contributed by atoms with Gasteiger partial charge in [-0.3, -0.25) is 4.79 Å². The molecule has 1 aliphatic rings. The lowest BCUT2D eigenvalue weighted by Crippen LogP contribution is -2.38. The van der Waals surface area contributed by atoms with Gasteiger partial charge < -0.3 is 15.7 Å². The van der Waals surface area contributed by atoms with Crippen LogP contribution in [0.5, 0.6) is 0 Å². The van der Waals surface area contributed by atoms with Crippen LogP contribution in [0.4, 0.5) is 5.69 Å². The standard InChI is InChI=1S/C14H20N2O2/c1-9-6-10(2)13(15)7-12(9)14(18)16-5-3-4-11(16)8-17/h6-7,11,17H,3-5,8,15H2,1-2H3/t11-/m1/s1. The van der Waals surface area contributed by atoms with E-state index in [1.54, 1.807) is 11.0 Å². The SMILES string of the molecule is Cc1cc(C)c(C(=O)N2CCC[C@@H]2CO)cc1N. The molecule has 1 atom stereocenters. The van der Waals surface area contributed by atoms with Crippen molar-refractivity contribution in [2.75, 3.05) is 18.9 Å². The number of aliphatic hydroxyl groups is 1. The molecule has 1 fully saturated rings. The van der Waals surface area contributed by atoms with Crippen LogP contribution in [0.2, 0.25) is 0 Å². The predicted molar refractivity (Wildman–Crippen MR) is 71.5 cm³/mol. The van der Waals surface area contributed by atoms with Crippen molar-refractivity contribution < 1.29 is 9.90 Å². The fraction of sp³-hybridized carbons (Fsp3) is 0.500. The largest absolute Gasteiger partial charge is 0.398 e. The number of hydrogen-bond donors (Lipinski definition) is 2. The lowest BCUT2D eigenvalue weighted by Gasteiger charge is -2.24. The Morgan fingerprint density at radius 3 is 2.83 bits per heavy atom. The van der Waals surface area contributed by atoms with E-state index >= 15 is 0 Å². The highest BCUT2D eigenvalue weighted by Crippen LogP contribution is 2.24. The number of nitrogens with zero attached hydrogens (tertiary/aromatic N) is 1. The third kappa shape index (κ3) is 2.20. The summed E-state index contributed by atoms with van der Waals surface area (Å²) in [5.41, 5.74) is 9.10. The lowest BCUT2D eigenvalue weighted by atomic mass is 10.0. The summed E-state index contributed by atoms with van der Waals surface area (Å²) in [6.07, 6.45) is 1.83. The van der Waals surface area contributed by atoms with Crippen LogP contribution in [0.25, 0.3) is 0 Å². The molecular weight excluding hydrogens is 228 g/mol. The van der Waals surface area contributed by atoms with Crippen LogP contribution in [0, 0.1) is 13.8 Å². The van der Waals surface area contributed by atoms with Crippen LogP contribution in [-0.4, -0.2) is 35.1 Å². The smallest absolute Gasteiger partial charge is 0.254 e. The Labute approximate surface area is 107 Å². The Kier molecular flexibility index (Phi) is 3.57. The number of hydrogen-bond acceptors (Lipinski definition) is 3. The second kappa shape index (κ2) is 4.98. The van der Waals surface area contributed by atoms with Gasteiger partial charge in [0.1, 0.15) is 0 Å². The average molecular weight is 248 g/mol. The Morgan fingerprint density at radius 2 is 2.17 bits per heavy atom. The molecule has 1 aliphatic heterocycles. The summed E-state index contributed by atoms with van der Waals surface area (Å²) in [5.74, 6) is -0.0178. The number of rotatable bonds is 2. The number of aliphatic hydroxyl groups excluding tert-OH is 1. The summed E-state index contributed by atoms with van der Waals surface area (Å²) < 4.78 is 0. The quantitative estimate of drug-likeness (QED) is 0.779. The first-order valence-electron chi connectivity index (χ1n) is 6.33. The normalized spacial score (nSPS) is 19.3. The molecule has 1 saturated heterocycles. The van der Waals surface area contributed by atoms with Gasteiger partial charge in [-0.2, -0.15) is 0 Å². The number of likely N-dealkylation sites (tertiary alicyclic amines) is 1. The van der Waals surface area contributed by atoms with E-state index in [1.165, 1.54) is 0 Å². The number of nitrogen functional groups attached to an aromatic ring is 1. The number of carbonyl (C=O) groups is 1. The van der Waals surface area contributed by atoms with Gasteiger partial charge in [0.15, 0.2) is 0 Å². The minimum atomic E-state index is -0.0422. The lowest BCUT2D eigenvalue weighted by molar-refractivity contribution is 0.0677. The molecule has 1 aromatic carbocycles. The van der Waals surface area contributed by atoms with Gasteiger partial charge in [0.25, 0.3) is 5.91 Å². The van der Waals surface area contributed by atoms with E-state index in [0.29, 0.717) is 11.3 Å². The minimum absolute atomic E-state index is 0.0178. The summed E-state index contributed by atoms with van der Waals surface area (Å²) >= 11 is 0. The first-order valence-corrected chi connectivity index (χ1v) is 6.33. The molecular formula is C14H20N2O2.